The lowest BCUT2D eigenvalue weighted by Gasteiger charge is -2.08. The summed E-state index contributed by atoms with van der Waals surface area (Å²) in [4.78, 5) is 4.05. The Labute approximate surface area is 101 Å². The van der Waals surface area contributed by atoms with E-state index in [2.05, 4.69) is 47.0 Å². The number of allylic oxidation sites excluding steroid dienone is 1. The van der Waals surface area contributed by atoms with Gasteiger partial charge in [-0.05, 0) is 38.3 Å². The molecule has 0 spiro atoms. The van der Waals surface area contributed by atoms with Crippen LogP contribution in [0, 0.1) is 6.92 Å². The highest BCUT2D eigenvalue weighted by atomic mass is 15.1. The highest BCUT2D eigenvalue weighted by Crippen LogP contribution is 2.25. The van der Waals surface area contributed by atoms with Gasteiger partial charge in [0.1, 0.15) is 0 Å². The molecule has 1 N–H and O–H groups in total. The Morgan fingerprint density at radius 2 is 2.24 bits per heavy atom. The molecule has 0 fully saturated rings. The first-order valence-corrected chi connectivity index (χ1v) is 5.50. The van der Waals surface area contributed by atoms with Gasteiger partial charge in [-0.25, -0.2) is 0 Å². The molecule has 0 unspecified atom stereocenters. The lowest BCUT2D eigenvalue weighted by Crippen LogP contribution is -1.89. The fourth-order valence-corrected chi connectivity index (χ4v) is 1.81. The molecule has 0 saturated carbocycles. The molecule has 0 bridgehead atoms. The molecule has 0 amide bonds. The van der Waals surface area contributed by atoms with Crippen LogP contribution in [0.4, 0.5) is 0 Å². The van der Waals surface area contributed by atoms with Crippen LogP contribution in [0.1, 0.15) is 18.1 Å². The average molecular weight is 225 g/mol. The summed E-state index contributed by atoms with van der Waals surface area (Å²) in [7, 11) is 0. The molecule has 2 rings (SSSR count). The van der Waals surface area contributed by atoms with Gasteiger partial charge in [0, 0.05) is 17.3 Å². The van der Waals surface area contributed by atoms with E-state index in [0.717, 1.165) is 22.5 Å². The van der Waals surface area contributed by atoms with Gasteiger partial charge in [-0.15, -0.1) is 0 Å². The van der Waals surface area contributed by atoms with Crippen LogP contribution in [0.2, 0.25) is 0 Å². The van der Waals surface area contributed by atoms with Gasteiger partial charge >= 0.3 is 0 Å². The van der Waals surface area contributed by atoms with Crippen LogP contribution < -0.4 is 0 Å². The topological polar surface area (TPSA) is 41.0 Å². The molecule has 17 heavy (non-hydrogen) atoms. The largest absolute Gasteiger partial charge is 0.278 e. The van der Waals surface area contributed by atoms with Crippen molar-refractivity contribution in [1.82, 2.24) is 10.2 Å². The van der Waals surface area contributed by atoms with Gasteiger partial charge in [-0.2, -0.15) is 5.10 Å². The zero-order valence-corrected chi connectivity index (χ0v) is 10.1. The molecule has 0 aliphatic rings. The van der Waals surface area contributed by atoms with Crippen LogP contribution in [-0.2, 0) is 0 Å². The Hall–Kier alpha value is -2.16. The highest BCUT2D eigenvalue weighted by molar-refractivity contribution is 5.74. The lowest BCUT2D eigenvalue weighted by molar-refractivity contribution is 1.09. The monoisotopic (exact) mass is 225 g/mol. The third kappa shape index (κ3) is 2.18. The normalized spacial score (nSPS) is 11.5. The van der Waals surface area contributed by atoms with Crippen molar-refractivity contribution in [3.8, 4) is 11.3 Å². The minimum Gasteiger partial charge on any atom is -0.278 e. The van der Waals surface area contributed by atoms with Crippen LogP contribution in [0.15, 0.2) is 41.5 Å². The predicted molar refractivity (Wildman–Crippen MR) is 72.0 cm³/mol. The number of nitrogens with one attached hydrogen (secondary N) is 1. The summed E-state index contributed by atoms with van der Waals surface area (Å²) in [6, 6.07) is 8.21. The summed E-state index contributed by atoms with van der Waals surface area (Å²) < 4.78 is 0. The molecule has 0 aliphatic heterocycles. The Morgan fingerprint density at radius 1 is 1.41 bits per heavy atom. The van der Waals surface area contributed by atoms with Crippen molar-refractivity contribution in [2.75, 3.05) is 0 Å². The number of aryl methyl sites for hydroxylation is 1. The van der Waals surface area contributed by atoms with Crippen molar-refractivity contribution in [3.63, 3.8) is 0 Å². The smallest absolute Gasteiger partial charge is 0.0654 e. The van der Waals surface area contributed by atoms with Gasteiger partial charge in [-0.3, -0.25) is 10.1 Å². The number of aromatic amines is 1. The Balaban J connectivity index is 2.54. The summed E-state index contributed by atoms with van der Waals surface area (Å²) in [5, 5.41) is 6.92. The zero-order valence-electron chi connectivity index (χ0n) is 10.1. The molecule has 0 radical (unpaired) electrons. The first-order chi connectivity index (χ1) is 8.26. The number of H-pyrrole nitrogens is 1. The van der Waals surface area contributed by atoms with E-state index in [9.17, 15) is 0 Å². The maximum atomic E-state index is 4.05. The second kappa shape index (κ2) is 4.78. The first kappa shape index (κ1) is 11.3. The molecule has 1 aromatic heterocycles. The third-order valence-corrected chi connectivity index (χ3v) is 2.77. The fourth-order valence-electron chi connectivity index (χ4n) is 1.81. The van der Waals surface area contributed by atoms with Crippen LogP contribution in [-0.4, -0.2) is 16.9 Å². The van der Waals surface area contributed by atoms with Crippen molar-refractivity contribution in [1.29, 1.82) is 0 Å². The van der Waals surface area contributed by atoms with Crippen LogP contribution in [0.25, 0.3) is 17.0 Å². The molecule has 1 aromatic carbocycles. The minimum atomic E-state index is 0.906. The van der Waals surface area contributed by atoms with Crippen molar-refractivity contribution in [2.45, 2.75) is 13.8 Å². The minimum absolute atomic E-state index is 0.906. The molecule has 0 saturated heterocycles. The SMILES string of the molecule is C=NC(=CC)c1cc(-c2ccn[nH]2)ccc1C. The quantitative estimate of drug-likeness (QED) is 0.798. The average Bonchev–Trinajstić information content (AvgIpc) is 2.86. The summed E-state index contributed by atoms with van der Waals surface area (Å²) in [6.45, 7) is 7.64. The van der Waals surface area contributed by atoms with Crippen LogP contribution in [0.3, 0.4) is 0 Å². The number of hydrogen-bond acceptors (Lipinski definition) is 2. The molecule has 86 valence electrons. The number of rotatable bonds is 3. The summed E-state index contributed by atoms with van der Waals surface area (Å²) in [5.41, 5.74) is 5.31. The zero-order chi connectivity index (χ0) is 12.3. The molecular weight excluding hydrogens is 210 g/mol. The van der Waals surface area contributed by atoms with Gasteiger partial charge in [-0.1, -0.05) is 18.2 Å². The van der Waals surface area contributed by atoms with Crippen molar-refractivity contribution in [2.24, 2.45) is 4.99 Å². The first-order valence-electron chi connectivity index (χ1n) is 5.50. The molecule has 0 atom stereocenters. The Kier molecular flexibility index (Phi) is 3.19. The van der Waals surface area contributed by atoms with E-state index in [1.807, 2.05) is 19.1 Å². The van der Waals surface area contributed by atoms with Crippen LogP contribution >= 0.6 is 0 Å². The number of nitrogens with zero attached hydrogens (tertiary/aromatic N) is 2. The summed E-state index contributed by atoms with van der Waals surface area (Å²) in [5.74, 6) is 0. The molecule has 1 heterocycles. The Bertz CT molecular complexity index is 551. The van der Waals surface area contributed by atoms with Crippen molar-refractivity contribution >= 4 is 12.4 Å². The molecule has 2 aromatic rings. The van der Waals surface area contributed by atoms with E-state index in [-0.39, 0.29) is 0 Å². The molecule has 0 aliphatic carbocycles. The van der Waals surface area contributed by atoms with E-state index in [0.29, 0.717) is 0 Å². The van der Waals surface area contributed by atoms with Gasteiger partial charge < -0.3 is 0 Å². The lowest BCUT2D eigenvalue weighted by atomic mass is 10.0. The highest BCUT2D eigenvalue weighted by Gasteiger charge is 2.06. The van der Waals surface area contributed by atoms with E-state index in [1.54, 1.807) is 6.20 Å². The summed E-state index contributed by atoms with van der Waals surface area (Å²) in [6.07, 6.45) is 3.71. The standard InChI is InChI=1S/C14H15N3/c1-4-13(15-3)12-9-11(6-5-10(12)2)14-7-8-16-17-14/h4-9H,3H2,1-2H3,(H,16,17). The maximum Gasteiger partial charge on any atom is 0.0654 e. The van der Waals surface area contributed by atoms with Gasteiger partial charge in [0.25, 0.3) is 0 Å². The van der Waals surface area contributed by atoms with Gasteiger partial charge in [0.15, 0.2) is 0 Å². The third-order valence-electron chi connectivity index (χ3n) is 2.77. The van der Waals surface area contributed by atoms with Crippen molar-refractivity contribution < 1.29 is 0 Å². The number of benzene rings is 1. The van der Waals surface area contributed by atoms with Crippen molar-refractivity contribution in [3.05, 3.63) is 47.7 Å². The molecule has 3 nitrogen and oxygen atoms in total. The van der Waals surface area contributed by atoms with Gasteiger partial charge in [0.05, 0.1) is 11.4 Å². The molecular formula is C14H15N3. The molecule has 3 heteroatoms. The van der Waals surface area contributed by atoms with E-state index in [4.69, 9.17) is 0 Å². The second-order valence-electron chi connectivity index (χ2n) is 3.83. The van der Waals surface area contributed by atoms with Gasteiger partial charge in [0.2, 0.25) is 0 Å². The number of aromatic nitrogens is 2. The Morgan fingerprint density at radius 3 is 2.82 bits per heavy atom. The van der Waals surface area contributed by atoms with E-state index < -0.39 is 0 Å². The summed E-state index contributed by atoms with van der Waals surface area (Å²) >= 11 is 0. The fraction of sp³-hybridized carbons (Fsp3) is 0.143. The predicted octanol–water partition coefficient (Wildman–Crippen LogP) is 3.45. The van der Waals surface area contributed by atoms with E-state index >= 15 is 0 Å². The number of aliphatic imine (C=N–C) groups is 1. The maximum absolute atomic E-state index is 4.05. The number of hydrogen-bond donors (Lipinski definition) is 1. The van der Waals surface area contributed by atoms with Crippen LogP contribution in [0.5, 0.6) is 0 Å². The second-order valence-corrected chi connectivity index (χ2v) is 3.83. The van der Waals surface area contributed by atoms with E-state index in [1.165, 1.54) is 5.56 Å².